The van der Waals surface area contributed by atoms with Gasteiger partial charge in [0, 0.05) is 21.5 Å². The maximum absolute atomic E-state index is 9.10. The molecular weight excluding hydrogens is 549 g/mol. The van der Waals surface area contributed by atoms with Crippen molar-refractivity contribution in [1.82, 2.24) is 0 Å². The monoisotopic (exact) mass is 578 g/mol. The number of hydrogen-bond acceptors (Lipinski definition) is 1. The van der Waals surface area contributed by atoms with E-state index in [9.17, 15) is 0 Å². The summed E-state index contributed by atoms with van der Waals surface area (Å²) in [6.45, 7) is 13.8. The van der Waals surface area contributed by atoms with Crippen molar-refractivity contribution in [1.29, 1.82) is 5.26 Å². The summed E-state index contributed by atoms with van der Waals surface area (Å²) >= 11 is 0. The summed E-state index contributed by atoms with van der Waals surface area (Å²) in [5, 5.41) is 11.4. The Bertz CT molecular complexity index is 2000. The maximum atomic E-state index is 9.10. The van der Waals surface area contributed by atoms with Crippen LogP contribution in [-0.2, 0) is 0 Å². The van der Waals surface area contributed by atoms with Crippen LogP contribution in [0.15, 0.2) is 131 Å². The summed E-state index contributed by atoms with van der Waals surface area (Å²) in [6, 6.07) is 39.0. The first kappa shape index (κ1) is 29.6. The molecule has 0 bridgehead atoms. The Hall–Kier alpha value is -5.84. The predicted molar refractivity (Wildman–Crippen MR) is 186 cm³/mol. The number of nitriles is 1. The molecule has 5 rings (SSSR count). The van der Waals surface area contributed by atoms with Crippen LogP contribution in [0, 0.1) is 41.6 Å². The summed E-state index contributed by atoms with van der Waals surface area (Å²) in [5.41, 5.74) is 8.46. The molecule has 1 aliphatic heterocycles. The van der Waals surface area contributed by atoms with E-state index in [1.54, 1.807) is 6.08 Å². The van der Waals surface area contributed by atoms with Crippen molar-refractivity contribution in [3.63, 3.8) is 0 Å². The molecule has 4 aromatic carbocycles. The minimum Gasteiger partial charge on any atom is -0.227 e. The van der Waals surface area contributed by atoms with Crippen LogP contribution in [0.4, 0.5) is 0 Å². The number of hydrogen-bond donors (Lipinski definition) is 0. The average Bonchev–Trinajstić information content (AvgIpc) is 3.29. The average molecular weight is 579 g/mol. The molecule has 0 unspecified atom stereocenters. The highest BCUT2D eigenvalue weighted by molar-refractivity contribution is 6.96. The minimum absolute atomic E-state index is 0.0575. The van der Waals surface area contributed by atoms with E-state index in [1.807, 2.05) is 55.5 Å². The second-order valence-electron chi connectivity index (χ2n) is 10.9. The predicted octanol–water partition coefficient (Wildman–Crippen LogP) is 9.61. The van der Waals surface area contributed by atoms with Gasteiger partial charge in [0.15, 0.2) is 0 Å². The van der Waals surface area contributed by atoms with Gasteiger partial charge in [-0.3, -0.25) is 0 Å². The number of allylic oxidation sites excluding steroid dienone is 6. The molecule has 208 valence electrons. The molecule has 0 aromatic heterocycles. The Morgan fingerprint density at radius 1 is 0.659 bits per heavy atom. The highest BCUT2D eigenvalue weighted by Gasteiger charge is 2.41. The highest BCUT2D eigenvalue weighted by Crippen LogP contribution is 2.48. The Kier molecular flexibility index (Phi) is 9.04. The van der Waals surface area contributed by atoms with Gasteiger partial charge in [0.25, 0.3) is 5.70 Å². The molecule has 0 atom stereocenters. The zero-order chi connectivity index (χ0) is 30.9. The van der Waals surface area contributed by atoms with Crippen LogP contribution in [0.1, 0.15) is 40.3 Å². The fourth-order valence-corrected chi connectivity index (χ4v) is 8.06. The summed E-state index contributed by atoms with van der Waals surface area (Å²) in [5.74, 6) is 14.2. The third kappa shape index (κ3) is 6.46. The SMILES string of the molecule is [C-]#[N+]/C(C#N)=C/c1ccc(C#CC2=C(c3ccccc3)C(c3ccccc3)=C(C#Cc3ccc(/C=C/C)cc3)[Si]2(C)C)cc1. The fraction of sp³-hybridized carbons (Fsp3) is 0.0732. The molecule has 0 fully saturated rings. The van der Waals surface area contributed by atoms with E-state index in [1.165, 1.54) is 10.8 Å². The summed E-state index contributed by atoms with van der Waals surface area (Å²) < 4.78 is 0. The van der Waals surface area contributed by atoms with Crippen LogP contribution in [0.3, 0.4) is 0 Å². The van der Waals surface area contributed by atoms with Gasteiger partial charge in [0.1, 0.15) is 8.07 Å². The smallest absolute Gasteiger partial charge is 0.227 e. The summed E-state index contributed by atoms with van der Waals surface area (Å²) in [7, 11) is -2.34. The number of rotatable bonds is 4. The first-order valence-corrected chi connectivity index (χ1v) is 17.4. The number of nitrogens with zero attached hydrogens (tertiary/aromatic N) is 2. The zero-order valence-corrected chi connectivity index (χ0v) is 26.0. The van der Waals surface area contributed by atoms with E-state index in [0.717, 1.165) is 44.2 Å². The van der Waals surface area contributed by atoms with Gasteiger partial charge in [0.2, 0.25) is 0 Å². The summed E-state index contributed by atoms with van der Waals surface area (Å²) in [6.07, 6.45) is 5.71. The zero-order valence-electron chi connectivity index (χ0n) is 25.0. The van der Waals surface area contributed by atoms with E-state index in [-0.39, 0.29) is 5.70 Å². The molecule has 0 amide bonds. The van der Waals surface area contributed by atoms with Gasteiger partial charge in [-0.25, -0.2) is 10.1 Å². The molecule has 3 heteroatoms. The van der Waals surface area contributed by atoms with Crippen molar-refractivity contribution in [3.05, 3.63) is 176 Å². The van der Waals surface area contributed by atoms with Crippen molar-refractivity contribution in [2.45, 2.75) is 20.0 Å². The lowest BCUT2D eigenvalue weighted by molar-refractivity contribution is 1.50. The molecule has 0 saturated heterocycles. The van der Waals surface area contributed by atoms with Gasteiger partial charge in [-0.2, -0.15) is 0 Å². The van der Waals surface area contributed by atoms with Crippen molar-refractivity contribution < 1.29 is 0 Å². The van der Waals surface area contributed by atoms with Crippen LogP contribution in [-0.4, -0.2) is 8.07 Å². The quantitative estimate of drug-likeness (QED) is 0.103. The lowest BCUT2D eigenvalue weighted by Crippen LogP contribution is -2.29. The van der Waals surface area contributed by atoms with Gasteiger partial charge in [-0.1, -0.05) is 134 Å². The van der Waals surface area contributed by atoms with Crippen LogP contribution < -0.4 is 0 Å². The normalized spacial score (nSPS) is 13.9. The van der Waals surface area contributed by atoms with Gasteiger partial charge < -0.3 is 0 Å². The highest BCUT2D eigenvalue weighted by atomic mass is 28.3. The maximum Gasteiger partial charge on any atom is 0.262 e. The van der Waals surface area contributed by atoms with Crippen molar-refractivity contribution >= 4 is 31.4 Å². The van der Waals surface area contributed by atoms with Crippen molar-refractivity contribution in [2.75, 3.05) is 0 Å². The Balaban J connectivity index is 1.67. The van der Waals surface area contributed by atoms with Crippen LogP contribution in [0.2, 0.25) is 13.1 Å². The molecule has 1 aliphatic rings. The third-order valence-electron chi connectivity index (χ3n) is 7.51. The fourth-order valence-electron chi connectivity index (χ4n) is 5.27. The molecule has 0 aliphatic carbocycles. The van der Waals surface area contributed by atoms with Gasteiger partial charge in [-0.05, 0) is 70.7 Å². The van der Waals surface area contributed by atoms with E-state index in [0.29, 0.717) is 0 Å². The molecule has 0 N–H and O–H groups in total. The third-order valence-corrected chi connectivity index (χ3v) is 10.8. The second-order valence-corrected chi connectivity index (χ2v) is 15.1. The molecule has 0 saturated carbocycles. The minimum atomic E-state index is -2.34. The first-order valence-electron chi connectivity index (χ1n) is 14.4. The lowest BCUT2D eigenvalue weighted by Gasteiger charge is -2.18. The molecule has 44 heavy (non-hydrogen) atoms. The van der Waals surface area contributed by atoms with Crippen LogP contribution >= 0.6 is 0 Å². The Morgan fingerprint density at radius 3 is 1.52 bits per heavy atom. The van der Waals surface area contributed by atoms with Crippen molar-refractivity contribution in [3.8, 4) is 29.8 Å². The topological polar surface area (TPSA) is 28.1 Å². The van der Waals surface area contributed by atoms with E-state index in [4.69, 9.17) is 11.8 Å². The molecule has 0 spiro atoms. The molecule has 0 radical (unpaired) electrons. The van der Waals surface area contributed by atoms with Gasteiger partial charge >= 0.3 is 0 Å². The Morgan fingerprint density at radius 2 is 1.11 bits per heavy atom. The molecule has 1 heterocycles. The lowest BCUT2D eigenvalue weighted by atomic mass is 9.91. The molecular formula is C41H30N2Si. The standard InChI is InChI=1S/C41H30N2Si/c1-5-12-31-17-19-32(20-18-31)25-27-38-40(35-13-8-6-9-14-35)41(36-15-10-7-11-16-36)39(44(38,3)4)28-26-33-21-23-34(24-22-33)29-37(30-42)43-2/h5-24,29H,1,3-4H3/b12-5+,37-29+. The Labute approximate surface area is 261 Å². The summed E-state index contributed by atoms with van der Waals surface area (Å²) in [4.78, 5) is 3.25. The van der Waals surface area contributed by atoms with Crippen LogP contribution in [0.25, 0.3) is 28.1 Å². The van der Waals surface area contributed by atoms with E-state index < -0.39 is 8.07 Å². The number of benzene rings is 4. The largest absolute Gasteiger partial charge is 0.262 e. The first-order chi connectivity index (χ1) is 21.4. The van der Waals surface area contributed by atoms with Crippen molar-refractivity contribution in [2.24, 2.45) is 0 Å². The van der Waals surface area contributed by atoms with E-state index in [2.05, 4.69) is 120 Å². The second kappa shape index (κ2) is 13.4. The van der Waals surface area contributed by atoms with Gasteiger partial charge in [-0.15, -0.1) is 0 Å². The molecule has 4 aromatic rings. The van der Waals surface area contributed by atoms with Crippen LogP contribution in [0.5, 0.6) is 0 Å². The molecule has 2 nitrogen and oxygen atoms in total. The van der Waals surface area contributed by atoms with E-state index >= 15 is 0 Å². The van der Waals surface area contributed by atoms with Gasteiger partial charge in [0.05, 0.1) is 12.6 Å².